The molecule has 1 aromatic rings. The number of carbonyl (C=O) groups is 1. The maximum Gasteiger partial charge on any atom is 0.295 e. The average molecular weight is 185 g/mol. The lowest BCUT2D eigenvalue weighted by Crippen LogP contribution is -2.26. The first kappa shape index (κ1) is 7.44. The van der Waals surface area contributed by atoms with Crippen LogP contribution in [0, 0.1) is 0 Å². The predicted octanol–water partition coefficient (Wildman–Crippen LogP) is 1.22. The number of dihydropyridines is 1. The van der Waals surface area contributed by atoms with Gasteiger partial charge in [-0.05, 0) is 18.2 Å². The van der Waals surface area contributed by atoms with E-state index in [9.17, 15) is 4.79 Å². The molecular weight excluding hydrogens is 178 g/mol. The van der Waals surface area contributed by atoms with Crippen molar-refractivity contribution in [2.45, 2.75) is 6.04 Å². The highest BCUT2D eigenvalue weighted by atomic mass is 16.1. The maximum absolute atomic E-state index is 11.5. The Hall–Kier alpha value is -1.97. The van der Waals surface area contributed by atoms with Crippen LogP contribution in [0.4, 0.5) is 0 Å². The van der Waals surface area contributed by atoms with E-state index >= 15 is 0 Å². The van der Waals surface area contributed by atoms with Crippen molar-refractivity contribution in [2.75, 3.05) is 0 Å². The molecule has 0 aromatic carbocycles. The molecule has 1 aromatic heterocycles. The van der Waals surface area contributed by atoms with E-state index in [1.807, 2.05) is 29.0 Å². The first-order valence-corrected chi connectivity index (χ1v) is 4.37. The summed E-state index contributed by atoms with van der Waals surface area (Å²) in [6.07, 6.45) is 7.36. The maximum atomic E-state index is 11.5. The number of hydrogen-bond donors (Lipinski definition) is 0. The number of aromatic nitrogens is 1. The van der Waals surface area contributed by atoms with Gasteiger partial charge in [0.15, 0.2) is 5.84 Å². The van der Waals surface area contributed by atoms with Crippen LogP contribution in [-0.2, 0) is 0 Å². The van der Waals surface area contributed by atoms with E-state index in [0.29, 0.717) is 11.5 Å². The van der Waals surface area contributed by atoms with Crippen molar-refractivity contribution in [3.63, 3.8) is 0 Å². The Balaban J connectivity index is 2.23. The number of hydrogen-bond acceptors (Lipinski definition) is 2. The first-order valence-electron chi connectivity index (χ1n) is 4.37. The molecule has 68 valence electrons. The fourth-order valence-corrected chi connectivity index (χ4v) is 1.73. The first-order chi connectivity index (χ1) is 6.86. The number of rotatable bonds is 0. The Morgan fingerprint density at radius 2 is 2.36 bits per heavy atom. The van der Waals surface area contributed by atoms with Gasteiger partial charge in [-0.3, -0.25) is 4.79 Å². The van der Waals surface area contributed by atoms with Crippen LogP contribution in [0.5, 0.6) is 0 Å². The Morgan fingerprint density at radius 1 is 1.43 bits per heavy atom. The van der Waals surface area contributed by atoms with E-state index in [1.54, 1.807) is 12.3 Å². The third-order valence-corrected chi connectivity index (χ3v) is 2.36. The second kappa shape index (κ2) is 2.51. The van der Waals surface area contributed by atoms with Crippen molar-refractivity contribution < 1.29 is 4.79 Å². The summed E-state index contributed by atoms with van der Waals surface area (Å²) in [7, 11) is 0. The number of amides is 1. The van der Waals surface area contributed by atoms with Crippen molar-refractivity contribution >= 4 is 18.0 Å². The van der Waals surface area contributed by atoms with Gasteiger partial charge in [0, 0.05) is 12.4 Å². The van der Waals surface area contributed by atoms with Crippen molar-refractivity contribution in [2.24, 2.45) is 9.98 Å². The topological polar surface area (TPSA) is 46.7 Å². The zero-order chi connectivity index (χ0) is 9.54. The Morgan fingerprint density at radius 3 is 3.29 bits per heavy atom. The van der Waals surface area contributed by atoms with Crippen LogP contribution in [0.15, 0.2) is 40.5 Å². The van der Waals surface area contributed by atoms with Gasteiger partial charge in [-0.15, -0.1) is 0 Å². The molecule has 0 aliphatic carbocycles. The molecule has 0 bridgehead atoms. The molecule has 0 saturated carbocycles. The second-order valence-corrected chi connectivity index (χ2v) is 3.18. The molecule has 0 fully saturated rings. The van der Waals surface area contributed by atoms with Gasteiger partial charge in [-0.25, -0.2) is 4.99 Å². The molecule has 2 aliphatic heterocycles. The van der Waals surface area contributed by atoms with Gasteiger partial charge in [-0.2, -0.15) is 4.99 Å². The Labute approximate surface area is 80.3 Å². The molecule has 4 nitrogen and oxygen atoms in total. The monoisotopic (exact) mass is 185 g/mol. The lowest BCUT2D eigenvalue weighted by atomic mass is 10.1. The van der Waals surface area contributed by atoms with Crippen molar-refractivity contribution in [3.8, 4) is 0 Å². The molecule has 3 heterocycles. The summed E-state index contributed by atoms with van der Waals surface area (Å²) in [5.74, 6) is 0.356. The Kier molecular flexibility index (Phi) is 1.33. The molecule has 1 amide bonds. The number of nitrogens with zero attached hydrogens (tertiary/aromatic N) is 3. The largest absolute Gasteiger partial charge is 0.329 e. The number of aliphatic imine (C=N–C) groups is 2. The van der Waals surface area contributed by atoms with E-state index < -0.39 is 0 Å². The standard InChI is InChI=1S/C10H7N3O/c14-10-8-4-2-6-13(8)7-3-1-5-11-9(7)12-10/h1-7H. The third kappa shape index (κ3) is 0.849. The lowest BCUT2D eigenvalue weighted by molar-refractivity contribution is 0.0989. The molecule has 3 rings (SSSR count). The quantitative estimate of drug-likeness (QED) is 0.599. The van der Waals surface area contributed by atoms with Crippen LogP contribution in [-0.4, -0.2) is 22.5 Å². The van der Waals surface area contributed by atoms with Gasteiger partial charge in [0.1, 0.15) is 11.7 Å². The fourth-order valence-electron chi connectivity index (χ4n) is 1.73. The summed E-state index contributed by atoms with van der Waals surface area (Å²) in [5, 5.41) is 0. The number of fused-ring (bicyclic) bond motifs is 3. The van der Waals surface area contributed by atoms with E-state index in [0.717, 1.165) is 0 Å². The molecule has 1 atom stereocenters. The van der Waals surface area contributed by atoms with Gasteiger partial charge < -0.3 is 4.57 Å². The SMILES string of the molecule is O=C1N=C2N=CC=CC2n2cccc21. The highest BCUT2D eigenvalue weighted by Crippen LogP contribution is 2.23. The van der Waals surface area contributed by atoms with Crippen LogP contribution in [0.3, 0.4) is 0 Å². The molecule has 2 aliphatic rings. The van der Waals surface area contributed by atoms with Gasteiger partial charge >= 0.3 is 0 Å². The van der Waals surface area contributed by atoms with Crippen LogP contribution < -0.4 is 0 Å². The van der Waals surface area contributed by atoms with E-state index in [1.165, 1.54) is 0 Å². The predicted molar refractivity (Wildman–Crippen MR) is 52.9 cm³/mol. The second-order valence-electron chi connectivity index (χ2n) is 3.18. The summed E-state index contributed by atoms with van der Waals surface area (Å²) in [6.45, 7) is 0. The molecule has 0 radical (unpaired) electrons. The van der Waals surface area contributed by atoms with E-state index in [4.69, 9.17) is 0 Å². The number of amidine groups is 1. The van der Waals surface area contributed by atoms with Gasteiger partial charge in [0.05, 0.1) is 0 Å². The lowest BCUT2D eigenvalue weighted by Gasteiger charge is -2.22. The highest BCUT2D eigenvalue weighted by Gasteiger charge is 2.26. The summed E-state index contributed by atoms with van der Waals surface area (Å²) in [5.41, 5.74) is 0.625. The summed E-state index contributed by atoms with van der Waals surface area (Å²) in [4.78, 5) is 19.5. The van der Waals surface area contributed by atoms with E-state index in [-0.39, 0.29) is 11.9 Å². The fraction of sp³-hybridized carbons (Fsp3) is 0.100. The van der Waals surface area contributed by atoms with Gasteiger partial charge in [0.2, 0.25) is 0 Å². The third-order valence-electron chi connectivity index (χ3n) is 2.36. The molecule has 4 heteroatoms. The smallest absolute Gasteiger partial charge is 0.295 e. The molecule has 0 saturated heterocycles. The van der Waals surface area contributed by atoms with Gasteiger partial charge in [0.25, 0.3) is 5.91 Å². The number of carbonyl (C=O) groups excluding carboxylic acids is 1. The Bertz CT molecular complexity index is 493. The minimum absolute atomic E-state index is 0.0114. The summed E-state index contributed by atoms with van der Waals surface area (Å²) in [6, 6.07) is 3.61. The molecule has 0 N–H and O–H groups in total. The highest BCUT2D eigenvalue weighted by molar-refractivity contribution is 6.10. The number of allylic oxidation sites excluding steroid dienone is 1. The molecule has 0 spiro atoms. The normalized spacial score (nSPS) is 23.0. The summed E-state index contributed by atoms with van der Waals surface area (Å²) < 4.78 is 1.89. The summed E-state index contributed by atoms with van der Waals surface area (Å²) >= 11 is 0. The molecule has 14 heavy (non-hydrogen) atoms. The van der Waals surface area contributed by atoms with Crippen molar-refractivity contribution in [1.29, 1.82) is 0 Å². The van der Waals surface area contributed by atoms with Crippen LogP contribution >= 0.6 is 0 Å². The van der Waals surface area contributed by atoms with E-state index in [2.05, 4.69) is 9.98 Å². The van der Waals surface area contributed by atoms with Crippen LogP contribution in [0.1, 0.15) is 16.5 Å². The van der Waals surface area contributed by atoms with Crippen molar-refractivity contribution in [3.05, 3.63) is 36.2 Å². The van der Waals surface area contributed by atoms with Gasteiger partial charge in [-0.1, -0.05) is 6.08 Å². The molecular formula is C10H7N3O. The van der Waals surface area contributed by atoms with Crippen LogP contribution in [0.2, 0.25) is 0 Å². The molecule has 1 unspecified atom stereocenters. The minimum Gasteiger partial charge on any atom is -0.329 e. The van der Waals surface area contributed by atoms with Crippen molar-refractivity contribution in [1.82, 2.24) is 4.57 Å². The average Bonchev–Trinajstić information content (AvgIpc) is 2.67. The minimum atomic E-state index is -0.214. The zero-order valence-corrected chi connectivity index (χ0v) is 7.29. The van der Waals surface area contributed by atoms with Crippen LogP contribution in [0.25, 0.3) is 0 Å². The zero-order valence-electron chi connectivity index (χ0n) is 7.29.